The summed E-state index contributed by atoms with van der Waals surface area (Å²) in [6.07, 6.45) is 6.33. The summed E-state index contributed by atoms with van der Waals surface area (Å²) < 4.78 is 0. The first-order valence-corrected chi connectivity index (χ1v) is 5.73. The van der Waals surface area contributed by atoms with E-state index in [0.29, 0.717) is 24.3 Å². The van der Waals surface area contributed by atoms with Gasteiger partial charge < -0.3 is 10.0 Å². The van der Waals surface area contributed by atoms with Crippen LogP contribution < -0.4 is 0 Å². The quantitative estimate of drug-likeness (QED) is 0.721. The molecule has 1 amide bonds. The Bertz CT molecular complexity index is 217. The normalized spacial score (nSPS) is 33.8. The van der Waals surface area contributed by atoms with Gasteiger partial charge in [-0.25, -0.2) is 0 Å². The minimum Gasteiger partial charge on any atom is -0.396 e. The smallest absolute Gasteiger partial charge is 0.222 e. The number of likely N-dealkylation sites (tertiary alicyclic amines) is 1. The summed E-state index contributed by atoms with van der Waals surface area (Å²) in [4.78, 5) is 13.6. The van der Waals surface area contributed by atoms with Gasteiger partial charge in [0.25, 0.3) is 0 Å². The number of carbonyl (C=O) groups is 1. The van der Waals surface area contributed by atoms with Crippen LogP contribution in [-0.4, -0.2) is 35.1 Å². The van der Waals surface area contributed by atoms with Gasteiger partial charge in [0.15, 0.2) is 0 Å². The predicted octanol–water partition coefficient (Wildman–Crippen LogP) is 1.16. The molecule has 2 aliphatic rings. The van der Waals surface area contributed by atoms with Crippen LogP contribution >= 0.6 is 0 Å². The van der Waals surface area contributed by atoms with E-state index >= 15 is 0 Å². The standard InChI is InChI=1S/C11H19NO2/c13-8-9-4-1-2-5-10(9)12-7-3-6-11(12)14/h9-10,13H,1-8H2. The fraction of sp³-hybridized carbons (Fsp3) is 0.909. The summed E-state index contributed by atoms with van der Waals surface area (Å²) >= 11 is 0. The molecule has 0 bridgehead atoms. The van der Waals surface area contributed by atoms with Gasteiger partial charge in [-0.3, -0.25) is 4.79 Å². The van der Waals surface area contributed by atoms with Crippen molar-refractivity contribution in [3.8, 4) is 0 Å². The molecule has 0 spiro atoms. The van der Waals surface area contributed by atoms with Crippen molar-refractivity contribution in [3.63, 3.8) is 0 Å². The molecular weight excluding hydrogens is 178 g/mol. The molecule has 14 heavy (non-hydrogen) atoms. The molecule has 2 atom stereocenters. The number of aliphatic hydroxyl groups excluding tert-OH is 1. The van der Waals surface area contributed by atoms with Crippen molar-refractivity contribution in [1.29, 1.82) is 0 Å². The van der Waals surface area contributed by atoms with Crippen LogP contribution in [0.5, 0.6) is 0 Å². The molecule has 80 valence electrons. The van der Waals surface area contributed by atoms with Crippen molar-refractivity contribution in [3.05, 3.63) is 0 Å². The Hall–Kier alpha value is -0.570. The highest BCUT2D eigenvalue weighted by atomic mass is 16.3. The van der Waals surface area contributed by atoms with Crippen LogP contribution in [-0.2, 0) is 4.79 Å². The molecule has 0 aromatic carbocycles. The van der Waals surface area contributed by atoms with Gasteiger partial charge in [-0.15, -0.1) is 0 Å². The van der Waals surface area contributed by atoms with E-state index in [2.05, 4.69) is 0 Å². The number of amides is 1. The van der Waals surface area contributed by atoms with E-state index in [9.17, 15) is 9.90 Å². The molecule has 0 radical (unpaired) electrons. The highest BCUT2D eigenvalue weighted by Crippen LogP contribution is 2.30. The number of hydrogen-bond acceptors (Lipinski definition) is 2. The lowest BCUT2D eigenvalue weighted by Crippen LogP contribution is -2.44. The molecule has 0 aromatic heterocycles. The van der Waals surface area contributed by atoms with Crippen LogP contribution in [0.2, 0.25) is 0 Å². The summed E-state index contributed by atoms with van der Waals surface area (Å²) in [7, 11) is 0. The van der Waals surface area contributed by atoms with Crippen LogP contribution in [0.25, 0.3) is 0 Å². The number of carbonyl (C=O) groups excluding carboxylic acids is 1. The molecule has 1 saturated heterocycles. The topological polar surface area (TPSA) is 40.5 Å². The Morgan fingerprint density at radius 3 is 2.71 bits per heavy atom. The maximum atomic E-state index is 11.6. The molecule has 1 saturated carbocycles. The van der Waals surface area contributed by atoms with Gasteiger partial charge in [0.1, 0.15) is 0 Å². The fourth-order valence-corrected chi connectivity index (χ4v) is 2.83. The van der Waals surface area contributed by atoms with Crippen LogP contribution in [0.3, 0.4) is 0 Å². The third kappa shape index (κ3) is 1.78. The van der Waals surface area contributed by atoms with Gasteiger partial charge in [0.2, 0.25) is 5.91 Å². The fourth-order valence-electron chi connectivity index (χ4n) is 2.83. The van der Waals surface area contributed by atoms with Gasteiger partial charge >= 0.3 is 0 Å². The summed E-state index contributed by atoms with van der Waals surface area (Å²) in [5.74, 6) is 0.640. The number of hydrogen-bond donors (Lipinski definition) is 1. The molecule has 2 rings (SSSR count). The Morgan fingerprint density at radius 2 is 2.07 bits per heavy atom. The SMILES string of the molecule is O=C1CCCN1C1CCCCC1CO. The van der Waals surface area contributed by atoms with E-state index in [1.165, 1.54) is 12.8 Å². The van der Waals surface area contributed by atoms with Crippen LogP contribution in [0.4, 0.5) is 0 Å². The molecule has 3 heteroatoms. The summed E-state index contributed by atoms with van der Waals surface area (Å²) in [6.45, 7) is 1.16. The summed E-state index contributed by atoms with van der Waals surface area (Å²) in [5.41, 5.74) is 0. The van der Waals surface area contributed by atoms with Crippen LogP contribution in [0.15, 0.2) is 0 Å². The maximum Gasteiger partial charge on any atom is 0.222 e. The molecule has 2 fully saturated rings. The number of nitrogens with zero attached hydrogens (tertiary/aromatic N) is 1. The molecule has 0 aromatic rings. The zero-order chi connectivity index (χ0) is 9.97. The first-order chi connectivity index (χ1) is 6.83. The summed E-state index contributed by atoms with van der Waals surface area (Å²) in [5, 5.41) is 9.27. The average molecular weight is 197 g/mol. The Morgan fingerprint density at radius 1 is 1.29 bits per heavy atom. The van der Waals surface area contributed by atoms with Gasteiger partial charge in [0, 0.05) is 31.5 Å². The van der Waals surface area contributed by atoms with Crippen molar-refractivity contribution in [2.45, 2.75) is 44.6 Å². The Kier molecular flexibility index (Phi) is 3.06. The molecule has 1 aliphatic heterocycles. The van der Waals surface area contributed by atoms with Crippen molar-refractivity contribution in [1.82, 2.24) is 4.90 Å². The lowest BCUT2D eigenvalue weighted by Gasteiger charge is -2.37. The van der Waals surface area contributed by atoms with E-state index in [0.717, 1.165) is 25.8 Å². The van der Waals surface area contributed by atoms with Crippen molar-refractivity contribution in [2.75, 3.05) is 13.2 Å². The minimum absolute atomic E-state index is 0.244. The minimum atomic E-state index is 0.244. The zero-order valence-electron chi connectivity index (χ0n) is 8.61. The van der Waals surface area contributed by atoms with Crippen molar-refractivity contribution < 1.29 is 9.90 Å². The lowest BCUT2D eigenvalue weighted by atomic mass is 9.84. The molecule has 2 unspecified atom stereocenters. The van der Waals surface area contributed by atoms with Gasteiger partial charge in [-0.2, -0.15) is 0 Å². The third-order valence-electron chi connectivity index (χ3n) is 3.61. The predicted molar refractivity (Wildman–Crippen MR) is 53.8 cm³/mol. The second-order valence-electron chi connectivity index (χ2n) is 4.49. The second-order valence-corrected chi connectivity index (χ2v) is 4.49. The summed E-state index contributed by atoms with van der Waals surface area (Å²) in [6, 6.07) is 0.337. The number of rotatable bonds is 2. The van der Waals surface area contributed by atoms with E-state index in [4.69, 9.17) is 0 Å². The number of aliphatic hydroxyl groups is 1. The van der Waals surface area contributed by atoms with Crippen molar-refractivity contribution in [2.24, 2.45) is 5.92 Å². The van der Waals surface area contributed by atoms with Crippen molar-refractivity contribution >= 4 is 5.91 Å². The highest BCUT2D eigenvalue weighted by Gasteiger charge is 2.34. The Balaban J connectivity index is 2.02. The monoisotopic (exact) mass is 197 g/mol. The third-order valence-corrected chi connectivity index (χ3v) is 3.61. The van der Waals surface area contributed by atoms with E-state index < -0.39 is 0 Å². The highest BCUT2D eigenvalue weighted by molar-refractivity contribution is 5.78. The second kappa shape index (κ2) is 4.30. The molecule has 3 nitrogen and oxygen atoms in total. The van der Waals surface area contributed by atoms with E-state index in [-0.39, 0.29) is 6.61 Å². The Labute approximate surface area is 85.1 Å². The van der Waals surface area contributed by atoms with E-state index in [1.807, 2.05) is 4.90 Å². The van der Waals surface area contributed by atoms with Gasteiger partial charge in [0.05, 0.1) is 0 Å². The molecule has 1 N–H and O–H groups in total. The first-order valence-electron chi connectivity index (χ1n) is 5.73. The largest absolute Gasteiger partial charge is 0.396 e. The van der Waals surface area contributed by atoms with Crippen LogP contribution in [0.1, 0.15) is 38.5 Å². The average Bonchev–Trinajstić information content (AvgIpc) is 2.64. The first kappa shape index (κ1) is 9.97. The molecule has 1 aliphatic carbocycles. The molecule has 1 heterocycles. The van der Waals surface area contributed by atoms with Gasteiger partial charge in [-0.05, 0) is 19.3 Å². The van der Waals surface area contributed by atoms with E-state index in [1.54, 1.807) is 0 Å². The van der Waals surface area contributed by atoms with Gasteiger partial charge in [-0.1, -0.05) is 12.8 Å². The zero-order valence-corrected chi connectivity index (χ0v) is 8.61. The molecular formula is C11H19NO2. The maximum absolute atomic E-state index is 11.6. The lowest BCUT2D eigenvalue weighted by molar-refractivity contribution is -0.131. The van der Waals surface area contributed by atoms with Crippen LogP contribution in [0, 0.1) is 5.92 Å².